The van der Waals surface area contributed by atoms with E-state index in [1.165, 1.54) is 6.20 Å². The van der Waals surface area contributed by atoms with Gasteiger partial charge >= 0.3 is 0 Å². The van der Waals surface area contributed by atoms with Crippen molar-refractivity contribution >= 4 is 16.8 Å². The molecule has 1 amide bonds. The number of aliphatic hydroxyl groups is 1. The summed E-state index contributed by atoms with van der Waals surface area (Å²) in [5.41, 5.74) is 7.53. The summed E-state index contributed by atoms with van der Waals surface area (Å²) in [5.74, 6) is 6.15. The number of aromatic nitrogens is 1. The van der Waals surface area contributed by atoms with E-state index in [0.29, 0.717) is 43.1 Å². The van der Waals surface area contributed by atoms with Crippen LogP contribution in [0.1, 0.15) is 34.3 Å². The number of morpholine rings is 1. The van der Waals surface area contributed by atoms with Gasteiger partial charge in [0.1, 0.15) is 5.56 Å². The largest absolute Gasteiger partial charge is 0.396 e. The maximum absolute atomic E-state index is 13.1. The number of aryl methyl sites for hydroxylation is 1. The van der Waals surface area contributed by atoms with Gasteiger partial charge in [0, 0.05) is 57.0 Å². The Bertz CT molecular complexity index is 1140. The molecule has 8 nitrogen and oxygen atoms in total. The van der Waals surface area contributed by atoms with Gasteiger partial charge in [-0.1, -0.05) is 11.8 Å². The molecule has 0 saturated carbocycles. The molecule has 8 heteroatoms. The van der Waals surface area contributed by atoms with Crippen LogP contribution < -0.4 is 11.2 Å². The van der Waals surface area contributed by atoms with E-state index in [1.54, 1.807) is 11.6 Å². The lowest BCUT2D eigenvalue weighted by atomic mass is 9.99. The van der Waals surface area contributed by atoms with Crippen LogP contribution in [0.3, 0.4) is 0 Å². The van der Waals surface area contributed by atoms with E-state index in [-0.39, 0.29) is 17.6 Å². The molecule has 1 unspecified atom stereocenters. The first-order valence-corrected chi connectivity index (χ1v) is 11.5. The van der Waals surface area contributed by atoms with Crippen molar-refractivity contribution in [2.75, 3.05) is 52.5 Å². The normalized spacial score (nSPS) is 19.9. The van der Waals surface area contributed by atoms with Crippen LogP contribution in [0, 0.1) is 17.8 Å². The zero-order valence-electron chi connectivity index (χ0n) is 19.2. The number of carbonyl (C=O) groups excluding carboxylic acids is 1. The second-order valence-corrected chi connectivity index (χ2v) is 9.00. The topological polar surface area (TPSA) is 101 Å². The quantitative estimate of drug-likeness (QED) is 0.642. The maximum Gasteiger partial charge on any atom is 0.254 e. The van der Waals surface area contributed by atoms with Gasteiger partial charge in [-0.2, -0.15) is 0 Å². The Hall–Kier alpha value is -2.70. The number of ether oxygens (including phenoxy) is 1. The number of carbonyl (C=O) groups is 1. The number of likely N-dealkylation sites (tertiary alicyclic amines) is 1. The van der Waals surface area contributed by atoms with Crippen LogP contribution in [-0.4, -0.2) is 77.9 Å². The summed E-state index contributed by atoms with van der Waals surface area (Å²) in [6.07, 6.45) is 3.62. The third kappa shape index (κ3) is 5.45. The number of hydrogen-bond donors (Lipinski definition) is 2. The van der Waals surface area contributed by atoms with Gasteiger partial charge in [-0.05, 0) is 43.0 Å². The van der Waals surface area contributed by atoms with Gasteiger partial charge in [-0.25, -0.2) is 0 Å². The number of nitrogens with two attached hydrogens (primary N) is 1. The summed E-state index contributed by atoms with van der Waals surface area (Å²) < 4.78 is 7.21. The Balaban J connectivity index is 1.71. The van der Waals surface area contributed by atoms with Crippen LogP contribution in [-0.2, 0) is 18.3 Å². The van der Waals surface area contributed by atoms with Gasteiger partial charge in [0.25, 0.3) is 5.91 Å². The molecule has 4 rings (SSSR count). The SMILES string of the molecule is Cn1cc(C(N)=O)c(=O)c2cc(CN3CCOCC3)cc(C#CCN3CCCC(CO)C3)c21. The molecule has 0 radical (unpaired) electrons. The number of benzene rings is 1. The Kier molecular flexibility index (Phi) is 7.46. The molecule has 1 atom stereocenters. The highest BCUT2D eigenvalue weighted by Crippen LogP contribution is 2.21. The number of piperidine rings is 1. The lowest BCUT2D eigenvalue weighted by Crippen LogP contribution is -2.36. The number of fused-ring (bicyclic) bond motifs is 1. The summed E-state index contributed by atoms with van der Waals surface area (Å²) >= 11 is 0. The summed E-state index contributed by atoms with van der Waals surface area (Å²) in [6.45, 7) is 6.38. The molecule has 3 N–H and O–H groups in total. The summed E-state index contributed by atoms with van der Waals surface area (Å²) in [7, 11) is 1.80. The number of aliphatic hydroxyl groups excluding tert-OH is 1. The second kappa shape index (κ2) is 10.5. The van der Waals surface area contributed by atoms with Crippen LogP contribution in [0.15, 0.2) is 23.1 Å². The first-order chi connectivity index (χ1) is 16.0. The molecule has 2 aliphatic rings. The highest BCUT2D eigenvalue weighted by Gasteiger charge is 2.19. The van der Waals surface area contributed by atoms with Crippen molar-refractivity contribution in [3.63, 3.8) is 0 Å². The van der Waals surface area contributed by atoms with Crippen molar-refractivity contribution in [2.24, 2.45) is 18.7 Å². The first kappa shape index (κ1) is 23.5. The minimum atomic E-state index is -0.729. The molecule has 2 fully saturated rings. The number of amides is 1. The molecule has 1 aromatic carbocycles. The lowest BCUT2D eigenvalue weighted by molar-refractivity contribution is 0.0342. The number of primary amides is 1. The predicted octanol–water partition coefficient (Wildman–Crippen LogP) is 0.525. The fraction of sp³-hybridized carbons (Fsp3) is 0.520. The van der Waals surface area contributed by atoms with E-state index in [1.807, 2.05) is 12.1 Å². The zero-order valence-corrected chi connectivity index (χ0v) is 19.2. The van der Waals surface area contributed by atoms with E-state index in [9.17, 15) is 14.7 Å². The molecular formula is C25H32N4O4. The highest BCUT2D eigenvalue weighted by atomic mass is 16.5. The zero-order chi connectivity index (χ0) is 23.4. The van der Waals surface area contributed by atoms with Crippen molar-refractivity contribution in [3.05, 3.63) is 45.2 Å². The van der Waals surface area contributed by atoms with E-state index in [2.05, 4.69) is 21.6 Å². The molecule has 1 aromatic heterocycles. The van der Waals surface area contributed by atoms with Crippen molar-refractivity contribution < 1.29 is 14.6 Å². The van der Waals surface area contributed by atoms with E-state index >= 15 is 0 Å². The van der Waals surface area contributed by atoms with E-state index < -0.39 is 5.91 Å². The minimum Gasteiger partial charge on any atom is -0.396 e. The minimum absolute atomic E-state index is 0.0178. The highest BCUT2D eigenvalue weighted by molar-refractivity contribution is 5.97. The number of rotatable bonds is 5. The van der Waals surface area contributed by atoms with Crippen LogP contribution in [0.4, 0.5) is 0 Å². The molecular weight excluding hydrogens is 420 g/mol. The van der Waals surface area contributed by atoms with Gasteiger partial charge in [0.2, 0.25) is 5.43 Å². The molecule has 0 aliphatic carbocycles. The van der Waals surface area contributed by atoms with Crippen LogP contribution in [0.5, 0.6) is 0 Å². The molecule has 3 heterocycles. The maximum atomic E-state index is 13.1. The van der Waals surface area contributed by atoms with Crippen LogP contribution in [0.25, 0.3) is 10.9 Å². The monoisotopic (exact) mass is 452 g/mol. The third-order valence-corrected chi connectivity index (χ3v) is 6.50. The van der Waals surface area contributed by atoms with Crippen molar-refractivity contribution in [1.82, 2.24) is 14.4 Å². The third-order valence-electron chi connectivity index (χ3n) is 6.50. The molecule has 33 heavy (non-hydrogen) atoms. The Labute approximate surface area is 193 Å². The van der Waals surface area contributed by atoms with Gasteiger partial charge in [-0.15, -0.1) is 0 Å². The standard InChI is InChI=1S/C25H32N4O4/c1-27-16-22(25(26)32)24(31)21-13-19(15-29-8-10-33-11-9-29)12-20(23(21)27)5-3-7-28-6-2-4-18(14-28)17-30/h12-13,16,18,30H,2,4,6-11,14-15,17H2,1H3,(H2,26,32). The molecule has 0 bridgehead atoms. The Morgan fingerprint density at radius 3 is 2.76 bits per heavy atom. The van der Waals surface area contributed by atoms with Crippen LogP contribution in [0.2, 0.25) is 0 Å². The molecule has 2 aliphatic heterocycles. The molecule has 2 saturated heterocycles. The average Bonchev–Trinajstić information content (AvgIpc) is 2.81. The number of nitrogens with zero attached hydrogens (tertiary/aromatic N) is 3. The number of pyridine rings is 1. The van der Waals surface area contributed by atoms with Crippen molar-refractivity contribution in [1.29, 1.82) is 0 Å². The second-order valence-electron chi connectivity index (χ2n) is 9.00. The summed E-state index contributed by atoms with van der Waals surface area (Å²) in [5, 5.41) is 9.93. The molecule has 0 spiro atoms. The predicted molar refractivity (Wildman–Crippen MR) is 127 cm³/mol. The molecule has 2 aromatic rings. The first-order valence-electron chi connectivity index (χ1n) is 11.5. The number of hydrogen-bond acceptors (Lipinski definition) is 6. The van der Waals surface area contributed by atoms with Gasteiger partial charge in [0.05, 0.1) is 25.3 Å². The van der Waals surface area contributed by atoms with Crippen LogP contribution >= 0.6 is 0 Å². The fourth-order valence-electron chi connectivity index (χ4n) is 4.78. The van der Waals surface area contributed by atoms with Gasteiger partial charge in [0.15, 0.2) is 0 Å². The summed E-state index contributed by atoms with van der Waals surface area (Å²) in [6, 6.07) is 3.90. The van der Waals surface area contributed by atoms with E-state index in [0.717, 1.165) is 50.1 Å². The summed E-state index contributed by atoms with van der Waals surface area (Å²) in [4.78, 5) is 29.5. The van der Waals surface area contributed by atoms with Gasteiger partial charge < -0.3 is 20.1 Å². The van der Waals surface area contributed by atoms with E-state index in [4.69, 9.17) is 10.5 Å². The van der Waals surface area contributed by atoms with Gasteiger partial charge in [-0.3, -0.25) is 19.4 Å². The smallest absolute Gasteiger partial charge is 0.254 e. The average molecular weight is 453 g/mol. The Morgan fingerprint density at radius 2 is 2.03 bits per heavy atom. The molecule has 176 valence electrons. The fourth-order valence-corrected chi connectivity index (χ4v) is 4.78. The Morgan fingerprint density at radius 1 is 1.24 bits per heavy atom. The lowest BCUT2D eigenvalue weighted by Gasteiger charge is -2.30. The van der Waals surface area contributed by atoms with Crippen molar-refractivity contribution in [2.45, 2.75) is 19.4 Å². The van der Waals surface area contributed by atoms with Crippen molar-refractivity contribution in [3.8, 4) is 11.8 Å².